The molecule has 0 bridgehead atoms. The van der Waals surface area contributed by atoms with Crippen molar-refractivity contribution in [2.75, 3.05) is 24.6 Å². The molecule has 0 aliphatic rings. The Kier molecular flexibility index (Phi) is 5.99. The summed E-state index contributed by atoms with van der Waals surface area (Å²) < 4.78 is 56.2. The molecule has 0 aliphatic carbocycles. The highest BCUT2D eigenvalue weighted by molar-refractivity contribution is 5.76. The van der Waals surface area contributed by atoms with Crippen LogP contribution in [0, 0.1) is 5.82 Å². The number of hydrogen-bond acceptors (Lipinski definition) is 3. The van der Waals surface area contributed by atoms with Gasteiger partial charge in [-0.2, -0.15) is 13.2 Å². The van der Waals surface area contributed by atoms with Crippen LogP contribution in [0.4, 0.5) is 23.2 Å². The van der Waals surface area contributed by atoms with Crippen LogP contribution in [0.2, 0.25) is 0 Å². The predicted octanol–water partition coefficient (Wildman–Crippen LogP) is 3.62. The van der Waals surface area contributed by atoms with Crippen molar-refractivity contribution >= 4 is 11.7 Å². The fourth-order valence-corrected chi connectivity index (χ4v) is 1.86. The van der Waals surface area contributed by atoms with Gasteiger partial charge in [-0.1, -0.05) is 6.92 Å². The topological polar surface area (TPSA) is 29.5 Å². The summed E-state index contributed by atoms with van der Waals surface area (Å²) in [4.78, 5) is 12.8. The first-order valence-electron chi connectivity index (χ1n) is 6.56. The fourth-order valence-electron chi connectivity index (χ4n) is 1.86. The van der Waals surface area contributed by atoms with Gasteiger partial charge in [0.1, 0.15) is 12.4 Å². The Morgan fingerprint density at radius 3 is 2.43 bits per heavy atom. The van der Waals surface area contributed by atoms with Crippen LogP contribution in [0.1, 0.15) is 25.8 Å². The Morgan fingerprint density at radius 1 is 1.29 bits per heavy atom. The molecule has 118 valence electrons. The molecule has 3 nitrogen and oxygen atoms in total. The Hall–Kier alpha value is -1.79. The van der Waals surface area contributed by atoms with E-state index in [1.165, 1.54) is 4.90 Å². The second-order valence-electron chi connectivity index (χ2n) is 4.39. The molecule has 0 saturated carbocycles. The number of alkyl halides is 3. The van der Waals surface area contributed by atoms with Gasteiger partial charge in [-0.05, 0) is 31.5 Å². The van der Waals surface area contributed by atoms with Crippen LogP contribution in [0.15, 0.2) is 18.2 Å². The maximum Gasteiger partial charge on any atom is 0.416 e. The summed E-state index contributed by atoms with van der Waals surface area (Å²) in [5, 5.41) is 0. The standard InChI is InChI=1S/C14H17F4NO2/c1-3-7-19(9-13(20)21-4-2)12-6-5-10(8-11(12)15)14(16,17)18/h5-6,8H,3-4,7,9H2,1-2H3. The zero-order valence-electron chi connectivity index (χ0n) is 11.8. The number of hydrogen-bond donors (Lipinski definition) is 0. The van der Waals surface area contributed by atoms with Crippen LogP contribution in [0.5, 0.6) is 0 Å². The van der Waals surface area contributed by atoms with Gasteiger partial charge in [0.15, 0.2) is 0 Å². The molecule has 0 aromatic heterocycles. The first-order chi connectivity index (χ1) is 9.79. The lowest BCUT2D eigenvalue weighted by molar-refractivity contribution is -0.141. The molecule has 0 aliphatic heterocycles. The third kappa shape index (κ3) is 4.91. The number of esters is 1. The highest BCUT2D eigenvalue weighted by atomic mass is 19.4. The number of halogens is 4. The molecule has 0 fully saturated rings. The molecule has 0 unspecified atom stereocenters. The molecule has 1 aromatic carbocycles. The van der Waals surface area contributed by atoms with Crippen molar-refractivity contribution in [2.24, 2.45) is 0 Å². The Labute approximate surface area is 120 Å². The number of ether oxygens (including phenoxy) is 1. The van der Waals surface area contributed by atoms with Crippen molar-refractivity contribution in [3.8, 4) is 0 Å². The van der Waals surface area contributed by atoms with Crippen LogP contribution in [0.25, 0.3) is 0 Å². The van der Waals surface area contributed by atoms with Gasteiger partial charge in [-0.25, -0.2) is 4.39 Å². The van der Waals surface area contributed by atoms with Crippen LogP contribution in [-0.4, -0.2) is 25.7 Å². The van der Waals surface area contributed by atoms with Gasteiger partial charge in [0.05, 0.1) is 17.9 Å². The molecule has 0 heterocycles. The number of nitrogens with zero attached hydrogens (tertiary/aromatic N) is 1. The van der Waals surface area contributed by atoms with Crippen LogP contribution < -0.4 is 4.90 Å². The van der Waals surface area contributed by atoms with E-state index in [-0.39, 0.29) is 18.8 Å². The SMILES string of the molecule is CCCN(CC(=O)OCC)c1ccc(C(F)(F)F)cc1F. The van der Waals surface area contributed by atoms with Crippen molar-refractivity contribution in [2.45, 2.75) is 26.4 Å². The van der Waals surface area contributed by atoms with E-state index in [4.69, 9.17) is 4.74 Å². The van der Waals surface area contributed by atoms with E-state index in [9.17, 15) is 22.4 Å². The molecule has 0 amide bonds. The number of anilines is 1. The second-order valence-corrected chi connectivity index (χ2v) is 4.39. The van der Waals surface area contributed by atoms with E-state index in [0.717, 1.165) is 12.1 Å². The Bertz CT molecular complexity index is 488. The number of carbonyl (C=O) groups excluding carboxylic acids is 1. The fraction of sp³-hybridized carbons (Fsp3) is 0.500. The molecule has 7 heteroatoms. The van der Waals surface area contributed by atoms with Gasteiger partial charge in [0.25, 0.3) is 0 Å². The van der Waals surface area contributed by atoms with Gasteiger partial charge in [-0.15, -0.1) is 0 Å². The summed E-state index contributed by atoms with van der Waals surface area (Å²) in [6.45, 7) is 3.78. The van der Waals surface area contributed by atoms with Crippen LogP contribution in [0.3, 0.4) is 0 Å². The van der Waals surface area contributed by atoms with Crippen molar-refractivity contribution in [1.82, 2.24) is 0 Å². The predicted molar refractivity (Wildman–Crippen MR) is 70.5 cm³/mol. The molecule has 0 atom stereocenters. The van der Waals surface area contributed by atoms with Crippen molar-refractivity contribution in [3.63, 3.8) is 0 Å². The average molecular weight is 307 g/mol. The Morgan fingerprint density at radius 2 is 1.95 bits per heavy atom. The Balaban J connectivity index is 3.00. The number of rotatable bonds is 6. The summed E-state index contributed by atoms with van der Waals surface area (Å²) in [7, 11) is 0. The molecule has 0 spiro atoms. The third-order valence-corrected chi connectivity index (χ3v) is 2.73. The van der Waals surface area contributed by atoms with Crippen molar-refractivity contribution in [1.29, 1.82) is 0 Å². The molecule has 21 heavy (non-hydrogen) atoms. The third-order valence-electron chi connectivity index (χ3n) is 2.73. The largest absolute Gasteiger partial charge is 0.465 e. The van der Waals surface area contributed by atoms with Gasteiger partial charge in [-0.3, -0.25) is 4.79 Å². The maximum atomic E-state index is 13.9. The highest BCUT2D eigenvalue weighted by Crippen LogP contribution is 2.32. The van der Waals surface area contributed by atoms with E-state index < -0.39 is 23.5 Å². The van der Waals surface area contributed by atoms with Crippen molar-refractivity contribution in [3.05, 3.63) is 29.6 Å². The molecule has 0 saturated heterocycles. The van der Waals surface area contributed by atoms with Gasteiger partial charge >= 0.3 is 12.1 Å². The van der Waals surface area contributed by atoms with Crippen molar-refractivity contribution < 1.29 is 27.1 Å². The monoisotopic (exact) mass is 307 g/mol. The van der Waals surface area contributed by atoms with E-state index >= 15 is 0 Å². The van der Waals surface area contributed by atoms with E-state index in [2.05, 4.69) is 0 Å². The van der Waals surface area contributed by atoms with E-state index in [1.54, 1.807) is 6.92 Å². The molecule has 0 radical (unpaired) electrons. The highest BCUT2D eigenvalue weighted by Gasteiger charge is 2.31. The molecule has 1 rings (SSSR count). The lowest BCUT2D eigenvalue weighted by Crippen LogP contribution is -2.32. The van der Waals surface area contributed by atoms with Gasteiger partial charge < -0.3 is 9.64 Å². The quantitative estimate of drug-likeness (QED) is 0.594. The molecule has 0 N–H and O–H groups in total. The maximum absolute atomic E-state index is 13.9. The van der Waals surface area contributed by atoms with Gasteiger partial charge in [0.2, 0.25) is 0 Å². The summed E-state index contributed by atoms with van der Waals surface area (Å²) in [6.07, 6.45) is -3.99. The summed E-state index contributed by atoms with van der Waals surface area (Å²) >= 11 is 0. The zero-order valence-corrected chi connectivity index (χ0v) is 11.8. The molecule has 1 aromatic rings. The summed E-state index contributed by atoms with van der Waals surface area (Å²) in [5.74, 6) is -1.56. The van der Waals surface area contributed by atoms with Crippen LogP contribution in [-0.2, 0) is 15.7 Å². The summed E-state index contributed by atoms with van der Waals surface area (Å²) in [6, 6.07) is 2.27. The first kappa shape index (κ1) is 17.3. The minimum atomic E-state index is -4.60. The second kappa shape index (κ2) is 7.28. The van der Waals surface area contributed by atoms with E-state index in [1.807, 2.05) is 6.92 Å². The van der Waals surface area contributed by atoms with Crippen LogP contribution >= 0.6 is 0 Å². The number of carbonyl (C=O) groups is 1. The van der Waals surface area contributed by atoms with E-state index in [0.29, 0.717) is 19.0 Å². The lowest BCUT2D eigenvalue weighted by atomic mass is 10.1. The minimum absolute atomic E-state index is 0.0436. The zero-order chi connectivity index (χ0) is 16.0. The van der Waals surface area contributed by atoms with Gasteiger partial charge in [0, 0.05) is 6.54 Å². The number of benzene rings is 1. The smallest absolute Gasteiger partial charge is 0.416 e. The minimum Gasteiger partial charge on any atom is -0.465 e. The normalized spacial score (nSPS) is 11.3. The summed E-state index contributed by atoms with van der Waals surface area (Å²) in [5.41, 5.74) is -1.10. The molecular weight excluding hydrogens is 290 g/mol. The molecular formula is C14H17F4NO2. The average Bonchev–Trinajstić information content (AvgIpc) is 2.37. The lowest BCUT2D eigenvalue weighted by Gasteiger charge is -2.24. The first-order valence-corrected chi connectivity index (χ1v) is 6.56.